The Morgan fingerprint density at radius 3 is 2.50 bits per heavy atom. The largest absolute Gasteiger partial charge is 0.401 e. The summed E-state index contributed by atoms with van der Waals surface area (Å²) in [6.07, 6.45) is 1.68. The van der Waals surface area contributed by atoms with Crippen LogP contribution in [0.15, 0.2) is 59.1 Å². The minimum absolute atomic E-state index is 0.349. The summed E-state index contributed by atoms with van der Waals surface area (Å²) in [4.78, 5) is 4.15. The van der Waals surface area contributed by atoms with E-state index in [0.717, 1.165) is 5.69 Å². The van der Waals surface area contributed by atoms with Crippen molar-refractivity contribution in [3.8, 4) is 11.6 Å². The van der Waals surface area contributed by atoms with E-state index in [4.69, 9.17) is 4.42 Å². The fourth-order valence-electron chi connectivity index (χ4n) is 1.51. The van der Waals surface area contributed by atoms with Crippen LogP contribution in [0.4, 0.5) is 11.7 Å². The van der Waals surface area contributed by atoms with Gasteiger partial charge in [0.1, 0.15) is 5.69 Å². The normalized spacial score (nSPS) is 10.2. The van der Waals surface area contributed by atoms with Gasteiger partial charge in [-0.25, -0.2) is 0 Å². The van der Waals surface area contributed by atoms with Crippen LogP contribution in [0.3, 0.4) is 0 Å². The summed E-state index contributed by atoms with van der Waals surface area (Å²) < 4.78 is 5.48. The Morgan fingerprint density at radius 1 is 0.889 bits per heavy atom. The number of para-hydroxylation sites is 1. The highest BCUT2D eigenvalue weighted by Crippen LogP contribution is 2.19. The Hall–Kier alpha value is -2.69. The number of aromatic nitrogens is 3. The van der Waals surface area contributed by atoms with Crippen LogP contribution in [-0.4, -0.2) is 15.2 Å². The summed E-state index contributed by atoms with van der Waals surface area (Å²) in [5.41, 5.74) is 1.56. The SMILES string of the molecule is c1ccc(Nc2nnc(-c3ccccn3)o2)cc1. The molecule has 0 aliphatic heterocycles. The molecule has 1 aromatic carbocycles. The average molecular weight is 238 g/mol. The van der Waals surface area contributed by atoms with Gasteiger partial charge in [0.25, 0.3) is 5.89 Å². The molecule has 0 bridgehead atoms. The summed E-state index contributed by atoms with van der Waals surface area (Å²) in [6, 6.07) is 15.5. The first-order valence-corrected chi connectivity index (χ1v) is 5.49. The lowest BCUT2D eigenvalue weighted by atomic mass is 10.3. The molecule has 3 rings (SSSR count). The molecule has 0 amide bonds. The fraction of sp³-hybridized carbons (Fsp3) is 0. The van der Waals surface area contributed by atoms with Gasteiger partial charge in [-0.05, 0) is 24.3 Å². The predicted molar refractivity (Wildman–Crippen MR) is 67.3 cm³/mol. The number of anilines is 2. The second-order valence-corrected chi connectivity index (χ2v) is 3.62. The minimum atomic E-state index is 0.349. The standard InChI is InChI=1S/C13H10N4O/c1-2-6-10(7-3-1)15-13-17-16-12(18-13)11-8-4-5-9-14-11/h1-9H,(H,15,17). The Labute approximate surface area is 104 Å². The summed E-state index contributed by atoms with van der Waals surface area (Å²) in [6.45, 7) is 0. The first kappa shape index (κ1) is 10.5. The maximum atomic E-state index is 5.48. The molecule has 0 aliphatic carbocycles. The number of pyridine rings is 1. The van der Waals surface area contributed by atoms with Gasteiger partial charge in [-0.1, -0.05) is 29.4 Å². The third-order valence-electron chi connectivity index (χ3n) is 2.33. The molecule has 2 aromatic heterocycles. The number of nitrogens with one attached hydrogen (secondary N) is 1. The highest BCUT2D eigenvalue weighted by molar-refractivity contribution is 5.53. The van der Waals surface area contributed by atoms with Gasteiger partial charge in [-0.3, -0.25) is 4.98 Å². The zero-order valence-corrected chi connectivity index (χ0v) is 9.45. The topological polar surface area (TPSA) is 63.8 Å². The summed E-state index contributed by atoms with van der Waals surface area (Å²) in [7, 11) is 0. The average Bonchev–Trinajstić information content (AvgIpc) is 2.89. The zero-order valence-electron chi connectivity index (χ0n) is 9.45. The Kier molecular flexibility index (Phi) is 2.71. The first-order chi connectivity index (χ1) is 8.92. The number of benzene rings is 1. The van der Waals surface area contributed by atoms with Crippen LogP contribution in [0.2, 0.25) is 0 Å². The zero-order chi connectivity index (χ0) is 12.2. The van der Waals surface area contributed by atoms with Crippen molar-refractivity contribution < 1.29 is 4.42 Å². The van der Waals surface area contributed by atoms with Crippen molar-refractivity contribution >= 4 is 11.7 Å². The van der Waals surface area contributed by atoms with Crippen LogP contribution in [-0.2, 0) is 0 Å². The summed E-state index contributed by atoms with van der Waals surface area (Å²) in [5, 5.41) is 10.9. The molecule has 3 aromatic rings. The number of nitrogens with zero attached hydrogens (tertiary/aromatic N) is 3. The van der Waals surface area contributed by atoms with Gasteiger partial charge in [0.15, 0.2) is 0 Å². The maximum absolute atomic E-state index is 5.48. The fourth-order valence-corrected chi connectivity index (χ4v) is 1.51. The summed E-state index contributed by atoms with van der Waals surface area (Å²) in [5.74, 6) is 0.397. The molecular weight excluding hydrogens is 228 g/mol. The van der Waals surface area contributed by atoms with Gasteiger partial charge < -0.3 is 9.73 Å². The quantitative estimate of drug-likeness (QED) is 0.760. The lowest BCUT2D eigenvalue weighted by Crippen LogP contribution is -1.88. The monoisotopic (exact) mass is 238 g/mol. The third kappa shape index (κ3) is 2.20. The van der Waals surface area contributed by atoms with E-state index in [0.29, 0.717) is 17.6 Å². The van der Waals surface area contributed by atoms with Crippen molar-refractivity contribution in [1.29, 1.82) is 0 Å². The molecule has 0 spiro atoms. The molecule has 0 fully saturated rings. The molecule has 0 unspecified atom stereocenters. The van der Waals surface area contributed by atoms with Crippen molar-refractivity contribution in [3.63, 3.8) is 0 Å². The van der Waals surface area contributed by atoms with E-state index in [2.05, 4.69) is 20.5 Å². The lowest BCUT2D eigenvalue weighted by Gasteiger charge is -1.98. The van der Waals surface area contributed by atoms with E-state index >= 15 is 0 Å². The van der Waals surface area contributed by atoms with Crippen LogP contribution in [0.5, 0.6) is 0 Å². The Balaban J connectivity index is 1.82. The molecule has 5 nitrogen and oxygen atoms in total. The number of hydrogen-bond acceptors (Lipinski definition) is 5. The second kappa shape index (κ2) is 4.67. The van der Waals surface area contributed by atoms with E-state index in [1.165, 1.54) is 0 Å². The van der Waals surface area contributed by atoms with E-state index in [-0.39, 0.29) is 0 Å². The van der Waals surface area contributed by atoms with Gasteiger partial charge in [-0.2, -0.15) is 0 Å². The molecule has 0 aliphatic rings. The number of hydrogen-bond donors (Lipinski definition) is 1. The molecule has 5 heteroatoms. The van der Waals surface area contributed by atoms with E-state index in [1.54, 1.807) is 6.20 Å². The molecule has 0 saturated heterocycles. The van der Waals surface area contributed by atoms with Crippen LogP contribution in [0, 0.1) is 0 Å². The molecule has 0 saturated carbocycles. The van der Waals surface area contributed by atoms with Gasteiger partial charge in [0.05, 0.1) is 0 Å². The van der Waals surface area contributed by atoms with Crippen molar-refractivity contribution in [2.45, 2.75) is 0 Å². The number of rotatable bonds is 3. The molecule has 18 heavy (non-hydrogen) atoms. The van der Waals surface area contributed by atoms with E-state index in [1.807, 2.05) is 48.5 Å². The van der Waals surface area contributed by atoms with Gasteiger partial charge in [-0.15, -0.1) is 5.10 Å². The molecule has 0 atom stereocenters. The van der Waals surface area contributed by atoms with Crippen LogP contribution in [0.25, 0.3) is 11.6 Å². The van der Waals surface area contributed by atoms with E-state index < -0.39 is 0 Å². The molecule has 88 valence electrons. The van der Waals surface area contributed by atoms with Gasteiger partial charge in [0.2, 0.25) is 0 Å². The minimum Gasteiger partial charge on any atom is -0.401 e. The second-order valence-electron chi connectivity index (χ2n) is 3.62. The highest BCUT2D eigenvalue weighted by atomic mass is 16.4. The smallest absolute Gasteiger partial charge is 0.320 e. The summed E-state index contributed by atoms with van der Waals surface area (Å²) >= 11 is 0. The molecule has 0 radical (unpaired) electrons. The van der Waals surface area contributed by atoms with Crippen LogP contribution >= 0.6 is 0 Å². The lowest BCUT2D eigenvalue weighted by molar-refractivity contribution is 0.585. The van der Waals surface area contributed by atoms with E-state index in [9.17, 15) is 0 Å². The highest BCUT2D eigenvalue weighted by Gasteiger charge is 2.08. The van der Waals surface area contributed by atoms with Crippen molar-refractivity contribution in [3.05, 3.63) is 54.7 Å². The maximum Gasteiger partial charge on any atom is 0.320 e. The Bertz CT molecular complexity index is 622. The van der Waals surface area contributed by atoms with Crippen LogP contribution < -0.4 is 5.32 Å². The van der Waals surface area contributed by atoms with Crippen molar-refractivity contribution in [2.24, 2.45) is 0 Å². The van der Waals surface area contributed by atoms with Crippen molar-refractivity contribution in [1.82, 2.24) is 15.2 Å². The van der Waals surface area contributed by atoms with Crippen molar-refractivity contribution in [2.75, 3.05) is 5.32 Å². The molecule has 1 N–H and O–H groups in total. The molecule has 2 heterocycles. The van der Waals surface area contributed by atoms with Gasteiger partial charge in [0, 0.05) is 11.9 Å². The third-order valence-corrected chi connectivity index (χ3v) is 2.33. The Morgan fingerprint density at radius 2 is 1.72 bits per heavy atom. The van der Waals surface area contributed by atoms with Gasteiger partial charge >= 0.3 is 6.01 Å². The van der Waals surface area contributed by atoms with Crippen LogP contribution in [0.1, 0.15) is 0 Å². The first-order valence-electron chi connectivity index (χ1n) is 5.49. The predicted octanol–water partition coefficient (Wildman–Crippen LogP) is 2.88. The molecular formula is C13H10N4O.